The Labute approximate surface area is 101 Å². The molecule has 0 amide bonds. The van der Waals surface area contributed by atoms with Gasteiger partial charge in [-0.25, -0.2) is 0 Å². The van der Waals surface area contributed by atoms with Gasteiger partial charge >= 0.3 is 0 Å². The molecule has 0 saturated carbocycles. The summed E-state index contributed by atoms with van der Waals surface area (Å²) < 4.78 is 0.876. The van der Waals surface area contributed by atoms with Crippen molar-refractivity contribution in [2.24, 2.45) is 0 Å². The number of benzene rings is 1. The molecule has 2 aromatic rings. The highest BCUT2D eigenvalue weighted by molar-refractivity contribution is 9.10. The number of thiophene rings is 1. The Morgan fingerprint density at radius 1 is 1.20 bits per heavy atom. The number of aryl methyl sites for hydroxylation is 1. The molecule has 15 heavy (non-hydrogen) atoms. The van der Waals surface area contributed by atoms with Crippen LogP contribution in [0.2, 0.25) is 0 Å². The fourth-order valence-corrected chi connectivity index (χ4v) is 2.87. The van der Waals surface area contributed by atoms with E-state index in [1.54, 1.807) is 0 Å². The SMILES string of the molecule is Cc1ccccc1C(=O)c1cscc1Br. The van der Waals surface area contributed by atoms with E-state index < -0.39 is 0 Å². The molecule has 0 unspecified atom stereocenters. The van der Waals surface area contributed by atoms with Crippen molar-refractivity contribution >= 4 is 33.0 Å². The Bertz CT molecular complexity index is 502. The Morgan fingerprint density at radius 2 is 1.93 bits per heavy atom. The smallest absolute Gasteiger partial charge is 0.195 e. The monoisotopic (exact) mass is 280 g/mol. The summed E-state index contributed by atoms with van der Waals surface area (Å²) in [5.74, 6) is 0.0845. The van der Waals surface area contributed by atoms with E-state index in [-0.39, 0.29) is 5.78 Å². The zero-order chi connectivity index (χ0) is 10.8. The predicted molar refractivity (Wildman–Crippen MR) is 66.6 cm³/mol. The fourth-order valence-electron chi connectivity index (χ4n) is 1.42. The number of carbonyl (C=O) groups is 1. The van der Waals surface area contributed by atoms with Crippen LogP contribution in [0.25, 0.3) is 0 Å². The minimum atomic E-state index is 0.0845. The van der Waals surface area contributed by atoms with E-state index in [0.717, 1.165) is 21.2 Å². The topological polar surface area (TPSA) is 17.1 Å². The predicted octanol–water partition coefficient (Wildman–Crippen LogP) is 4.05. The Kier molecular flexibility index (Phi) is 3.03. The van der Waals surface area contributed by atoms with Crippen LogP contribution in [0.15, 0.2) is 39.5 Å². The largest absolute Gasteiger partial charge is 0.289 e. The summed E-state index contributed by atoms with van der Waals surface area (Å²) >= 11 is 4.91. The minimum Gasteiger partial charge on any atom is -0.289 e. The van der Waals surface area contributed by atoms with Crippen LogP contribution in [0.4, 0.5) is 0 Å². The summed E-state index contributed by atoms with van der Waals surface area (Å²) in [6.07, 6.45) is 0. The van der Waals surface area contributed by atoms with Crippen molar-refractivity contribution in [1.82, 2.24) is 0 Å². The third-order valence-corrected chi connectivity index (χ3v) is 3.95. The molecule has 0 radical (unpaired) electrons. The Morgan fingerprint density at radius 3 is 2.53 bits per heavy atom. The first-order valence-electron chi connectivity index (χ1n) is 4.52. The molecular weight excluding hydrogens is 272 g/mol. The molecule has 0 spiro atoms. The fraction of sp³-hybridized carbons (Fsp3) is 0.0833. The Hall–Kier alpha value is -0.930. The molecule has 1 heterocycles. The summed E-state index contributed by atoms with van der Waals surface area (Å²) in [6.45, 7) is 1.95. The highest BCUT2D eigenvalue weighted by atomic mass is 79.9. The lowest BCUT2D eigenvalue weighted by atomic mass is 10.0. The number of ketones is 1. The van der Waals surface area contributed by atoms with Crippen LogP contribution < -0.4 is 0 Å². The van der Waals surface area contributed by atoms with Crippen molar-refractivity contribution in [1.29, 1.82) is 0 Å². The van der Waals surface area contributed by atoms with Crippen LogP contribution in [0.1, 0.15) is 21.5 Å². The second kappa shape index (κ2) is 4.29. The maximum Gasteiger partial charge on any atom is 0.195 e. The van der Waals surface area contributed by atoms with Crippen LogP contribution >= 0.6 is 27.3 Å². The van der Waals surface area contributed by atoms with Gasteiger partial charge in [0.05, 0.1) is 0 Å². The average molecular weight is 281 g/mol. The van der Waals surface area contributed by atoms with Gasteiger partial charge < -0.3 is 0 Å². The maximum atomic E-state index is 12.1. The first-order chi connectivity index (χ1) is 7.20. The molecule has 0 saturated heterocycles. The second-order valence-corrected chi connectivity index (χ2v) is 4.88. The number of rotatable bonds is 2. The molecule has 0 atom stereocenters. The quantitative estimate of drug-likeness (QED) is 0.759. The number of hydrogen-bond acceptors (Lipinski definition) is 2. The molecule has 0 aliphatic carbocycles. The van der Waals surface area contributed by atoms with E-state index >= 15 is 0 Å². The number of halogens is 1. The van der Waals surface area contributed by atoms with Gasteiger partial charge in [0.1, 0.15) is 0 Å². The molecule has 0 aliphatic rings. The highest BCUT2D eigenvalue weighted by Gasteiger charge is 2.14. The van der Waals surface area contributed by atoms with Gasteiger partial charge in [0.25, 0.3) is 0 Å². The first-order valence-corrected chi connectivity index (χ1v) is 6.26. The first kappa shape index (κ1) is 10.6. The third kappa shape index (κ3) is 2.03. The van der Waals surface area contributed by atoms with Gasteiger partial charge in [-0.15, -0.1) is 0 Å². The zero-order valence-corrected chi connectivity index (χ0v) is 10.6. The molecule has 2 rings (SSSR count). The van der Waals surface area contributed by atoms with Crippen LogP contribution in [0.5, 0.6) is 0 Å². The van der Waals surface area contributed by atoms with Gasteiger partial charge in [-0.05, 0) is 28.4 Å². The summed E-state index contributed by atoms with van der Waals surface area (Å²) in [5.41, 5.74) is 2.53. The molecule has 0 N–H and O–H groups in total. The van der Waals surface area contributed by atoms with Crippen LogP contribution in [0.3, 0.4) is 0 Å². The van der Waals surface area contributed by atoms with Gasteiger partial charge in [-0.2, -0.15) is 11.3 Å². The van der Waals surface area contributed by atoms with E-state index in [4.69, 9.17) is 0 Å². The second-order valence-electron chi connectivity index (χ2n) is 3.28. The summed E-state index contributed by atoms with van der Waals surface area (Å²) in [7, 11) is 0. The van der Waals surface area contributed by atoms with Crippen molar-refractivity contribution in [3.8, 4) is 0 Å². The number of carbonyl (C=O) groups excluding carboxylic acids is 1. The van der Waals surface area contributed by atoms with Crippen LogP contribution in [-0.2, 0) is 0 Å². The summed E-state index contributed by atoms with van der Waals surface area (Å²) in [6, 6.07) is 7.64. The third-order valence-electron chi connectivity index (χ3n) is 2.25. The van der Waals surface area contributed by atoms with Crippen molar-refractivity contribution in [3.05, 3.63) is 56.2 Å². The van der Waals surface area contributed by atoms with E-state index in [9.17, 15) is 4.79 Å². The molecule has 0 fully saturated rings. The zero-order valence-electron chi connectivity index (χ0n) is 8.16. The molecule has 0 bridgehead atoms. The van der Waals surface area contributed by atoms with Gasteiger partial charge in [-0.1, -0.05) is 24.3 Å². The molecule has 1 nitrogen and oxygen atoms in total. The van der Waals surface area contributed by atoms with Crippen molar-refractivity contribution in [3.63, 3.8) is 0 Å². The number of hydrogen-bond donors (Lipinski definition) is 0. The Balaban J connectivity index is 2.46. The average Bonchev–Trinajstić information content (AvgIpc) is 2.64. The van der Waals surface area contributed by atoms with E-state index in [1.807, 2.05) is 41.9 Å². The van der Waals surface area contributed by atoms with Crippen molar-refractivity contribution in [2.45, 2.75) is 6.92 Å². The van der Waals surface area contributed by atoms with Gasteiger partial charge in [0.15, 0.2) is 5.78 Å². The summed E-state index contributed by atoms with van der Waals surface area (Å²) in [5, 5.41) is 3.80. The molecule has 0 aliphatic heterocycles. The van der Waals surface area contributed by atoms with Crippen molar-refractivity contribution in [2.75, 3.05) is 0 Å². The summed E-state index contributed by atoms with van der Waals surface area (Å²) in [4.78, 5) is 12.1. The molecule has 76 valence electrons. The van der Waals surface area contributed by atoms with Crippen LogP contribution in [0, 0.1) is 6.92 Å². The van der Waals surface area contributed by atoms with Crippen LogP contribution in [-0.4, -0.2) is 5.78 Å². The van der Waals surface area contributed by atoms with E-state index in [0.29, 0.717) is 0 Å². The van der Waals surface area contributed by atoms with E-state index in [1.165, 1.54) is 11.3 Å². The minimum absolute atomic E-state index is 0.0845. The van der Waals surface area contributed by atoms with Gasteiger partial charge in [-0.3, -0.25) is 4.79 Å². The van der Waals surface area contributed by atoms with Gasteiger partial charge in [0.2, 0.25) is 0 Å². The van der Waals surface area contributed by atoms with Crippen molar-refractivity contribution < 1.29 is 4.79 Å². The lowest BCUT2D eigenvalue weighted by Crippen LogP contribution is -2.02. The van der Waals surface area contributed by atoms with E-state index in [2.05, 4.69) is 15.9 Å². The molecular formula is C12H9BrOS. The lowest BCUT2D eigenvalue weighted by molar-refractivity contribution is 0.103. The normalized spacial score (nSPS) is 10.3. The van der Waals surface area contributed by atoms with Gasteiger partial charge in [0, 0.05) is 26.4 Å². The lowest BCUT2D eigenvalue weighted by Gasteiger charge is -2.03. The molecule has 1 aromatic heterocycles. The molecule has 1 aromatic carbocycles. The molecule has 3 heteroatoms. The highest BCUT2D eigenvalue weighted by Crippen LogP contribution is 2.24. The standard InChI is InChI=1S/C12H9BrOS/c1-8-4-2-3-5-9(8)12(14)10-6-15-7-11(10)13/h2-7H,1H3. The maximum absolute atomic E-state index is 12.1.